The third kappa shape index (κ3) is 4.67. The van der Waals surface area contributed by atoms with Gasteiger partial charge in [0, 0.05) is 11.6 Å². The van der Waals surface area contributed by atoms with E-state index in [-0.39, 0.29) is 23.3 Å². The van der Waals surface area contributed by atoms with Crippen LogP contribution in [-0.2, 0) is 17.8 Å². The number of carbonyl (C=O) groups is 1. The molecular weight excluding hydrogens is 338 g/mol. The number of nitrogens with zero attached hydrogens (tertiary/aromatic N) is 1. The van der Waals surface area contributed by atoms with Crippen molar-refractivity contribution in [1.29, 1.82) is 0 Å². The van der Waals surface area contributed by atoms with Gasteiger partial charge in [0.15, 0.2) is 11.5 Å². The van der Waals surface area contributed by atoms with Gasteiger partial charge >= 0.3 is 0 Å². The van der Waals surface area contributed by atoms with Gasteiger partial charge in [-0.2, -0.15) is 0 Å². The van der Waals surface area contributed by atoms with E-state index in [2.05, 4.69) is 0 Å². The topological polar surface area (TPSA) is 60.8 Å². The maximum atomic E-state index is 13.2. The van der Waals surface area contributed by atoms with Gasteiger partial charge in [-0.25, -0.2) is 0 Å². The summed E-state index contributed by atoms with van der Waals surface area (Å²) in [6.07, 6.45) is 0.477. The van der Waals surface area contributed by atoms with Crippen LogP contribution >= 0.6 is 0 Å². The number of carbonyl (C=O) groups excluding carboxylic acids is 1. The van der Waals surface area contributed by atoms with Crippen LogP contribution in [0, 0.1) is 5.92 Å². The molecule has 4 nitrogen and oxygen atoms in total. The molecular formula is C23H23NO3. The van der Waals surface area contributed by atoms with Crippen molar-refractivity contribution >= 4 is 11.6 Å². The highest BCUT2D eigenvalue weighted by Crippen LogP contribution is 2.27. The van der Waals surface area contributed by atoms with Crippen molar-refractivity contribution in [3.8, 4) is 11.5 Å². The second-order valence-electron chi connectivity index (χ2n) is 6.67. The van der Waals surface area contributed by atoms with Crippen LogP contribution in [0.2, 0.25) is 0 Å². The molecule has 0 aliphatic heterocycles. The van der Waals surface area contributed by atoms with Crippen LogP contribution in [-0.4, -0.2) is 16.1 Å². The van der Waals surface area contributed by atoms with Crippen molar-refractivity contribution in [2.75, 3.05) is 4.90 Å². The fourth-order valence-corrected chi connectivity index (χ4v) is 3.07. The summed E-state index contributed by atoms with van der Waals surface area (Å²) in [5, 5.41) is 19.2. The molecule has 0 saturated heterocycles. The summed E-state index contributed by atoms with van der Waals surface area (Å²) in [6, 6.07) is 24.2. The van der Waals surface area contributed by atoms with Crippen molar-refractivity contribution in [1.82, 2.24) is 0 Å². The molecule has 3 aromatic rings. The van der Waals surface area contributed by atoms with Crippen molar-refractivity contribution in [3.05, 3.63) is 90.0 Å². The van der Waals surface area contributed by atoms with Crippen molar-refractivity contribution in [3.63, 3.8) is 0 Å². The highest BCUT2D eigenvalue weighted by atomic mass is 16.3. The van der Waals surface area contributed by atoms with Crippen LogP contribution in [0.4, 0.5) is 5.69 Å². The first-order valence-electron chi connectivity index (χ1n) is 8.96. The Hall–Kier alpha value is -3.27. The van der Waals surface area contributed by atoms with Crippen molar-refractivity contribution in [2.24, 2.45) is 5.92 Å². The molecule has 0 bridgehead atoms. The molecule has 0 radical (unpaired) electrons. The number of anilines is 1. The Bertz CT molecular complexity index is 894. The molecule has 27 heavy (non-hydrogen) atoms. The van der Waals surface area contributed by atoms with E-state index < -0.39 is 0 Å². The van der Waals surface area contributed by atoms with Crippen LogP contribution in [0.5, 0.6) is 11.5 Å². The van der Waals surface area contributed by atoms with Gasteiger partial charge < -0.3 is 15.1 Å². The normalized spacial score (nSPS) is 11.7. The lowest BCUT2D eigenvalue weighted by molar-refractivity contribution is -0.122. The monoisotopic (exact) mass is 361 g/mol. The fraction of sp³-hybridized carbons (Fsp3) is 0.174. The summed E-state index contributed by atoms with van der Waals surface area (Å²) in [5.41, 5.74) is 2.72. The predicted molar refractivity (Wildman–Crippen MR) is 107 cm³/mol. The van der Waals surface area contributed by atoms with E-state index in [0.29, 0.717) is 13.0 Å². The smallest absolute Gasteiger partial charge is 0.230 e. The van der Waals surface area contributed by atoms with Crippen LogP contribution in [0.1, 0.15) is 18.1 Å². The average molecular weight is 361 g/mol. The molecule has 138 valence electrons. The zero-order valence-electron chi connectivity index (χ0n) is 15.2. The van der Waals surface area contributed by atoms with Gasteiger partial charge in [-0.1, -0.05) is 61.5 Å². The molecule has 4 heteroatoms. The van der Waals surface area contributed by atoms with E-state index in [1.54, 1.807) is 11.0 Å². The van der Waals surface area contributed by atoms with Crippen LogP contribution in [0.15, 0.2) is 78.9 Å². The molecule has 1 atom stereocenters. The number of phenolic OH excluding ortho intramolecular Hbond substituents is 2. The van der Waals surface area contributed by atoms with E-state index in [0.717, 1.165) is 16.8 Å². The third-order valence-electron chi connectivity index (χ3n) is 4.52. The summed E-state index contributed by atoms with van der Waals surface area (Å²) in [4.78, 5) is 15.0. The number of benzene rings is 3. The summed E-state index contributed by atoms with van der Waals surface area (Å²) in [7, 11) is 0. The number of aromatic hydroxyl groups is 2. The predicted octanol–water partition coefficient (Wildman–Crippen LogP) is 4.51. The first-order valence-corrected chi connectivity index (χ1v) is 8.96. The molecule has 0 spiro atoms. The first kappa shape index (κ1) is 18.5. The minimum atomic E-state index is -0.280. The SMILES string of the molecule is CC(Cc1ccc(O)c(O)c1)C(=O)N(Cc1ccccc1)c1ccccc1. The van der Waals surface area contributed by atoms with Crippen LogP contribution in [0.3, 0.4) is 0 Å². The Labute approximate surface area is 159 Å². The van der Waals surface area contributed by atoms with Crippen molar-refractivity contribution in [2.45, 2.75) is 19.9 Å². The van der Waals surface area contributed by atoms with E-state index in [9.17, 15) is 15.0 Å². The average Bonchev–Trinajstić information content (AvgIpc) is 2.70. The molecule has 2 N–H and O–H groups in total. The lowest BCUT2D eigenvalue weighted by Crippen LogP contribution is -2.35. The second kappa shape index (κ2) is 8.41. The number of para-hydroxylation sites is 1. The minimum absolute atomic E-state index is 0.0117. The number of phenols is 2. The Kier molecular flexibility index (Phi) is 5.77. The summed E-state index contributed by atoms with van der Waals surface area (Å²) in [6.45, 7) is 2.38. The Morgan fingerprint density at radius 2 is 1.48 bits per heavy atom. The lowest BCUT2D eigenvalue weighted by Gasteiger charge is -2.26. The lowest BCUT2D eigenvalue weighted by atomic mass is 9.98. The maximum Gasteiger partial charge on any atom is 0.230 e. The van der Waals surface area contributed by atoms with Gasteiger partial charge in [0.2, 0.25) is 5.91 Å². The summed E-state index contributed by atoms with van der Waals surface area (Å²) >= 11 is 0. The molecule has 0 aliphatic carbocycles. The van der Waals surface area contributed by atoms with E-state index in [4.69, 9.17) is 0 Å². The Morgan fingerprint density at radius 1 is 0.852 bits per heavy atom. The summed E-state index contributed by atoms with van der Waals surface area (Å²) < 4.78 is 0. The molecule has 0 saturated carbocycles. The standard InChI is InChI=1S/C23H23NO3/c1-17(14-19-12-13-21(25)22(26)15-19)23(27)24(20-10-6-3-7-11-20)16-18-8-4-2-5-9-18/h2-13,15,17,25-26H,14,16H2,1H3. The van der Waals surface area contributed by atoms with Crippen molar-refractivity contribution < 1.29 is 15.0 Å². The molecule has 1 unspecified atom stereocenters. The molecule has 0 aromatic heterocycles. The van der Waals surface area contributed by atoms with Gasteiger partial charge in [-0.05, 0) is 41.8 Å². The maximum absolute atomic E-state index is 13.2. The number of amides is 1. The van der Waals surface area contributed by atoms with Gasteiger partial charge in [-0.15, -0.1) is 0 Å². The van der Waals surface area contributed by atoms with E-state index in [1.807, 2.05) is 67.6 Å². The van der Waals surface area contributed by atoms with Gasteiger partial charge in [0.05, 0.1) is 6.54 Å². The quantitative estimate of drug-likeness (QED) is 0.635. The van der Waals surface area contributed by atoms with E-state index >= 15 is 0 Å². The van der Waals surface area contributed by atoms with Gasteiger partial charge in [0.25, 0.3) is 0 Å². The summed E-state index contributed by atoms with van der Waals surface area (Å²) in [5.74, 6) is -0.598. The minimum Gasteiger partial charge on any atom is -0.504 e. The van der Waals surface area contributed by atoms with Crippen LogP contribution in [0.25, 0.3) is 0 Å². The van der Waals surface area contributed by atoms with Gasteiger partial charge in [0.1, 0.15) is 0 Å². The Morgan fingerprint density at radius 3 is 2.11 bits per heavy atom. The van der Waals surface area contributed by atoms with E-state index in [1.165, 1.54) is 12.1 Å². The first-order chi connectivity index (χ1) is 13.0. The largest absolute Gasteiger partial charge is 0.504 e. The zero-order chi connectivity index (χ0) is 19.2. The Balaban J connectivity index is 1.82. The number of hydrogen-bond donors (Lipinski definition) is 2. The van der Waals surface area contributed by atoms with Gasteiger partial charge in [-0.3, -0.25) is 4.79 Å². The molecule has 1 amide bonds. The second-order valence-corrected chi connectivity index (χ2v) is 6.67. The number of hydrogen-bond acceptors (Lipinski definition) is 3. The van der Waals surface area contributed by atoms with Crippen LogP contribution < -0.4 is 4.90 Å². The highest BCUT2D eigenvalue weighted by molar-refractivity contribution is 5.94. The molecule has 0 fully saturated rings. The molecule has 3 rings (SSSR count). The molecule has 3 aromatic carbocycles. The fourth-order valence-electron chi connectivity index (χ4n) is 3.07. The zero-order valence-corrected chi connectivity index (χ0v) is 15.2. The molecule has 0 heterocycles. The highest BCUT2D eigenvalue weighted by Gasteiger charge is 2.22. The number of rotatable bonds is 6. The third-order valence-corrected chi connectivity index (χ3v) is 4.52. The molecule has 0 aliphatic rings.